The van der Waals surface area contributed by atoms with Gasteiger partial charge in [-0.1, -0.05) is 33.3 Å². The highest BCUT2D eigenvalue weighted by Crippen LogP contribution is 2.20. The molecule has 1 heterocycles. The number of Topliss-reactive ketones (excluding diaryl/α,β-unsaturated/α-hetero) is 1. The largest absolute Gasteiger partial charge is 0.465 e. The third-order valence-electron chi connectivity index (χ3n) is 5.43. The van der Waals surface area contributed by atoms with Gasteiger partial charge in [0, 0.05) is 6.54 Å². The summed E-state index contributed by atoms with van der Waals surface area (Å²) in [4.78, 5) is 78.2. The second-order valence-corrected chi connectivity index (χ2v) is 8.42. The van der Waals surface area contributed by atoms with Crippen LogP contribution in [0, 0.1) is 5.92 Å². The maximum absolute atomic E-state index is 13.3. The van der Waals surface area contributed by atoms with Crippen molar-refractivity contribution in [2.24, 2.45) is 5.92 Å². The molecular formula is C23H37N5O7. The van der Waals surface area contributed by atoms with Crippen molar-refractivity contribution in [1.82, 2.24) is 25.8 Å². The van der Waals surface area contributed by atoms with E-state index in [1.54, 1.807) is 34.7 Å². The Kier molecular flexibility index (Phi) is 12.1. The Morgan fingerprint density at radius 1 is 1.20 bits per heavy atom. The highest BCUT2D eigenvalue weighted by Gasteiger charge is 2.48. The number of likely N-dealkylation sites (N-methyl/N-ethyl adjacent to an activating group) is 1. The predicted molar refractivity (Wildman–Crippen MR) is 127 cm³/mol. The van der Waals surface area contributed by atoms with E-state index < -0.39 is 60.2 Å². The lowest BCUT2D eigenvalue weighted by Crippen LogP contribution is -2.57. The van der Waals surface area contributed by atoms with Crippen LogP contribution in [-0.2, 0) is 28.7 Å². The highest BCUT2D eigenvalue weighted by molar-refractivity contribution is 6.38. The van der Waals surface area contributed by atoms with Gasteiger partial charge in [0.1, 0.15) is 12.6 Å². The van der Waals surface area contributed by atoms with E-state index in [-0.39, 0.29) is 32.0 Å². The van der Waals surface area contributed by atoms with Crippen LogP contribution in [0.1, 0.15) is 40.5 Å². The molecule has 1 aliphatic heterocycles. The Bertz CT molecular complexity index is 829. The van der Waals surface area contributed by atoms with Gasteiger partial charge in [0.15, 0.2) is 0 Å². The fourth-order valence-corrected chi connectivity index (χ4v) is 3.72. The van der Waals surface area contributed by atoms with Gasteiger partial charge in [-0.2, -0.15) is 0 Å². The van der Waals surface area contributed by atoms with E-state index in [9.17, 15) is 28.8 Å². The molecule has 1 aliphatic rings. The van der Waals surface area contributed by atoms with Gasteiger partial charge in [0.05, 0.1) is 25.2 Å². The smallest absolute Gasteiger partial charge is 0.328 e. The SMILES string of the molecule is C=CCNC(=O)C(=O)C(CCC)NC(=O)C1CN(CC(=O)OCC)C(=O)N1C(=O)C(NC)C(C)C. The molecule has 3 atom stereocenters. The van der Waals surface area contributed by atoms with Crippen LogP contribution in [0.5, 0.6) is 0 Å². The summed E-state index contributed by atoms with van der Waals surface area (Å²) in [6, 6.07) is -4.03. The van der Waals surface area contributed by atoms with Gasteiger partial charge in [0.2, 0.25) is 17.6 Å². The minimum Gasteiger partial charge on any atom is -0.465 e. The highest BCUT2D eigenvalue weighted by atomic mass is 16.5. The van der Waals surface area contributed by atoms with E-state index in [0.29, 0.717) is 6.42 Å². The topological polar surface area (TPSA) is 154 Å². The predicted octanol–water partition coefficient (Wildman–Crippen LogP) is -0.417. The lowest BCUT2D eigenvalue weighted by molar-refractivity contribution is -0.143. The van der Waals surface area contributed by atoms with Crippen LogP contribution in [0.2, 0.25) is 0 Å². The minimum absolute atomic E-state index is 0.0835. The number of urea groups is 1. The molecule has 0 saturated carbocycles. The van der Waals surface area contributed by atoms with Crippen LogP contribution in [0.25, 0.3) is 0 Å². The number of hydrogen-bond acceptors (Lipinski definition) is 8. The molecule has 0 spiro atoms. The van der Waals surface area contributed by atoms with Gasteiger partial charge in [-0.15, -0.1) is 6.58 Å². The third-order valence-corrected chi connectivity index (χ3v) is 5.43. The number of ether oxygens (including phenoxy) is 1. The van der Waals surface area contributed by atoms with E-state index >= 15 is 0 Å². The molecule has 0 aliphatic carbocycles. The van der Waals surface area contributed by atoms with Gasteiger partial charge < -0.3 is 25.6 Å². The number of ketones is 1. The van der Waals surface area contributed by atoms with Crippen molar-refractivity contribution in [3.8, 4) is 0 Å². The second kappa shape index (κ2) is 14.2. The van der Waals surface area contributed by atoms with Crippen molar-refractivity contribution in [3.05, 3.63) is 12.7 Å². The zero-order valence-corrected chi connectivity index (χ0v) is 21.1. The van der Waals surface area contributed by atoms with Gasteiger partial charge in [-0.3, -0.25) is 24.0 Å². The van der Waals surface area contributed by atoms with Gasteiger partial charge in [-0.25, -0.2) is 9.69 Å². The summed E-state index contributed by atoms with van der Waals surface area (Å²) in [6.07, 6.45) is 2.08. The summed E-state index contributed by atoms with van der Waals surface area (Å²) in [5.74, 6) is -4.02. The molecule has 5 amide bonds. The van der Waals surface area contributed by atoms with Crippen molar-refractivity contribution in [1.29, 1.82) is 0 Å². The quantitative estimate of drug-likeness (QED) is 0.167. The number of rotatable bonds is 14. The summed E-state index contributed by atoms with van der Waals surface area (Å²) in [5, 5.41) is 7.75. The molecule has 12 heteroatoms. The van der Waals surface area contributed by atoms with Gasteiger partial charge >= 0.3 is 12.0 Å². The Labute approximate surface area is 205 Å². The molecule has 1 saturated heterocycles. The zero-order chi connectivity index (χ0) is 26.7. The average molecular weight is 496 g/mol. The molecule has 3 unspecified atom stereocenters. The van der Waals surface area contributed by atoms with E-state index in [1.165, 1.54) is 6.08 Å². The fraction of sp³-hybridized carbons (Fsp3) is 0.652. The first kappa shape index (κ1) is 29.8. The Balaban J connectivity index is 3.22. The zero-order valence-electron chi connectivity index (χ0n) is 21.1. The number of amides is 5. The number of carbonyl (C=O) groups excluding carboxylic acids is 6. The Hall–Kier alpha value is -3.28. The number of nitrogens with zero attached hydrogens (tertiary/aromatic N) is 2. The van der Waals surface area contributed by atoms with Crippen LogP contribution < -0.4 is 16.0 Å². The monoisotopic (exact) mass is 495 g/mol. The third kappa shape index (κ3) is 7.88. The molecule has 3 N–H and O–H groups in total. The van der Waals surface area contributed by atoms with Crippen molar-refractivity contribution in [2.75, 3.05) is 33.3 Å². The van der Waals surface area contributed by atoms with E-state index in [1.807, 2.05) is 0 Å². The summed E-state index contributed by atoms with van der Waals surface area (Å²) in [5.41, 5.74) is 0. The van der Waals surface area contributed by atoms with Crippen LogP contribution in [0.15, 0.2) is 12.7 Å². The summed E-state index contributed by atoms with van der Waals surface area (Å²) in [6.45, 7) is 9.92. The first-order valence-corrected chi connectivity index (χ1v) is 11.7. The maximum atomic E-state index is 13.3. The maximum Gasteiger partial charge on any atom is 0.328 e. The van der Waals surface area contributed by atoms with Crippen molar-refractivity contribution in [3.63, 3.8) is 0 Å². The lowest BCUT2D eigenvalue weighted by Gasteiger charge is -2.28. The normalized spacial score (nSPS) is 17.1. The Morgan fingerprint density at radius 3 is 2.37 bits per heavy atom. The standard InChI is InChI=1S/C23H37N5O7/c1-7-10-15(19(30)21(32)25-11-8-2)26-20(31)16-12-27(13-17(29)35-9-3)23(34)28(16)22(33)18(24-6)14(4)5/h8,14-16,18,24H,2,7,9-13H2,1,3-6H3,(H,25,32)(H,26,31). The average Bonchev–Trinajstić information content (AvgIpc) is 3.12. The molecule has 0 bridgehead atoms. The van der Waals surface area contributed by atoms with E-state index in [4.69, 9.17) is 4.74 Å². The van der Waals surface area contributed by atoms with Crippen molar-refractivity contribution < 1.29 is 33.5 Å². The molecule has 196 valence electrons. The minimum atomic E-state index is -1.30. The fourth-order valence-electron chi connectivity index (χ4n) is 3.72. The molecular weight excluding hydrogens is 458 g/mol. The van der Waals surface area contributed by atoms with Crippen LogP contribution >= 0.6 is 0 Å². The molecule has 0 aromatic heterocycles. The van der Waals surface area contributed by atoms with Crippen molar-refractivity contribution in [2.45, 2.75) is 58.7 Å². The number of esters is 1. The van der Waals surface area contributed by atoms with Gasteiger partial charge in [-0.05, 0) is 26.3 Å². The van der Waals surface area contributed by atoms with Gasteiger partial charge in [0.25, 0.3) is 5.91 Å². The second-order valence-electron chi connectivity index (χ2n) is 8.42. The molecule has 1 rings (SSSR count). The van der Waals surface area contributed by atoms with Crippen LogP contribution in [-0.4, -0.2) is 96.7 Å². The Morgan fingerprint density at radius 2 is 1.86 bits per heavy atom. The molecule has 35 heavy (non-hydrogen) atoms. The molecule has 1 fully saturated rings. The summed E-state index contributed by atoms with van der Waals surface area (Å²) < 4.78 is 4.89. The number of nitrogens with one attached hydrogen (secondary N) is 3. The first-order chi connectivity index (χ1) is 16.5. The molecule has 0 aromatic carbocycles. The molecule has 12 nitrogen and oxygen atoms in total. The summed E-state index contributed by atoms with van der Waals surface area (Å²) >= 11 is 0. The van der Waals surface area contributed by atoms with Crippen molar-refractivity contribution >= 4 is 35.5 Å². The number of imide groups is 1. The van der Waals surface area contributed by atoms with E-state index in [2.05, 4.69) is 22.5 Å². The van der Waals surface area contributed by atoms with Crippen LogP contribution in [0.3, 0.4) is 0 Å². The number of hydrogen-bond donors (Lipinski definition) is 3. The lowest BCUT2D eigenvalue weighted by atomic mass is 10.0. The number of carbonyl (C=O) groups is 6. The molecule has 0 aromatic rings. The summed E-state index contributed by atoms with van der Waals surface area (Å²) in [7, 11) is 1.56. The molecule has 0 radical (unpaired) electrons. The first-order valence-electron chi connectivity index (χ1n) is 11.7. The van der Waals surface area contributed by atoms with E-state index in [0.717, 1.165) is 9.80 Å². The van der Waals surface area contributed by atoms with Crippen LogP contribution in [0.4, 0.5) is 4.79 Å².